The molecule has 0 bridgehead atoms. The average molecular weight is 424 g/mol. The van der Waals surface area contributed by atoms with Gasteiger partial charge in [-0.05, 0) is 68.4 Å². The van der Waals surface area contributed by atoms with E-state index in [4.69, 9.17) is 4.74 Å². The van der Waals surface area contributed by atoms with E-state index < -0.39 is 6.09 Å². The lowest BCUT2D eigenvalue weighted by Crippen LogP contribution is -2.31. The maximum absolute atomic E-state index is 12.0. The third-order valence-corrected chi connectivity index (χ3v) is 5.64. The maximum Gasteiger partial charge on any atom is 0.412 e. The average Bonchev–Trinajstić information content (AvgIpc) is 2.79. The summed E-state index contributed by atoms with van der Waals surface area (Å²) in [7, 11) is 0. The number of urea groups is 1. The molecule has 1 aliphatic carbocycles. The Kier molecular flexibility index (Phi) is 8.76. The van der Waals surface area contributed by atoms with E-state index in [1.807, 2.05) is 43.3 Å². The Balaban J connectivity index is 1.25. The molecule has 0 heterocycles. The summed E-state index contributed by atoms with van der Waals surface area (Å²) in [6.07, 6.45) is 7.52. The zero-order valence-electron chi connectivity index (χ0n) is 18.3. The molecule has 0 saturated heterocycles. The second kappa shape index (κ2) is 12.0. The van der Waals surface area contributed by atoms with Crippen molar-refractivity contribution in [3.63, 3.8) is 0 Å². The molecule has 0 spiro atoms. The van der Waals surface area contributed by atoms with Crippen molar-refractivity contribution < 1.29 is 14.3 Å². The van der Waals surface area contributed by atoms with E-state index in [1.54, 1.807) is 0 Å². The van der Waals surface area contributed by atoms with Gasteiger partial charge in [-0.3, -0.25) is 0 Å². The number of amides is 3. The number of ether oxygens (including phenoxy) is 1. The highest BCUT2D eigenvalue weighted by atomic mass is 16.6. The van der Waals surface area contributed by atoms with Gasteiger partial charge < -0.3 is 20.7 Å². The Morgan fingerprint density at radius 3 is 2.19 bits per heavy atom. The molecule has 3 N–H and O–H groups in total. The quantitative estimate of drug-likeness (QED) is 0.474. The van der Waals surface area contributed by atoms with Gasteiger partial charge in [0.2, 0.25) is 0 Å². The molecule has 1 fully saturated rings. The van der Waals surface area contributed by atoms with Crippen LogP contribution in [0.4, 0.5) is 15.3 Å². The van der Waals surface area contributed by atoms with Crippen LogP contribution in [0.2, 0.25) is 0 Å². The monoisotopic (exact) mass is 423 g/mol. The van der Waals surface area contributed by atoms with Crippen LogP contribution < -0.4 is 20.7 Å². The van der Waals surface area contributed by atoms with Gasteiger partial charge in [0, 0.05) is 18.8 Å². The normalized spacial score (nSPS) is 14.0. The van der Waals surface area contributed by atoms with Crippen LogP contribution >= 0.6 is 0 Å². The largest absolute Gasteiger partial charge is 0.412 e. The van der Waals surface area contributed by atoms with E-state index in [-0.39, 0.29) is 6.03 Å². The summed E-state index contributed by atoms with van der Waals surface area (Å²) in [5.41, 5.74) is 3.25. The summed E-state index contributed by atoms with van der Waals surface area (Å²) >= 11 is 0. The van der Waals surface area contributed by atoms with E-state index in [0.717, 1.165) is 24.1 Å². The van der Waals surface area contributed by atoms with Gasteiger partial charge in [-0.25, -0.2) is 9.59 Å². The SMILES string of the molecule is Cc1ccc(NC(=O)NCCCCNC(=O)Oc2ccc(C3CCCCC3)cc2)cc1. The predicted octanol–water partition coefficient (Wildman–Crippen LogP) is 5.73. The van der Waals surface area contributed by atoms with Crippen LogP contribution in [0.15, 0.2) is 48.5 Å². The molecule has 0 aliphatic heterocycles. The molecular weight excluding hydrogens is 390 g/mol. The molecule has 0 atom stereocenters. The molecule has 3 rings (SSSR count). The van der Waals surface area contributed by atoms with Gasteiger partial charge in [-0.15, -0.1) is 0 Å². The van der Waals surface area contributed by atoms with Gasteiger partial charge in [0.15, 0.2) is 0 Å². The van der Waals surface area contributed by atoms with Gasteiger partial charge in [-0.1, -0.05) is 49.1 Å². The fourth-order valence-corrected chi connectivity index (χ4v) is 3.84. The molecule has 1 aliphatic rings. The van der Waals surface area contributed by atoms with Crippen LogP contribution in [0.25, 0.3) is 0 Å². The molecule has 0 unspecified atom stereocenters. The van der Waals surface area contributed by atoms with Crippen molar-refractivity contribution in [2.45, 2.75) is 57.8 Å². The highest BCUT2D eigenvalue weighted by Crippen LogP contribution is 2.33. The zero-order valence-corrected chi connectivity index (χ0v) is 18.3. The van der Waals surface area contributed by atoms with E-state index >= 15 is 0 Å². The fourth-order valence-electron chi connectivity index (χ4n) is 3.84. The lowest BCUT2D eigenvalue weighted by molar-refractivity contribution is 0.200. The van der Waals surface area contributed by atoms with Crippen molar-refractivity contribution in [1.82, 2.24) is 10.6 Å². The van der Waals surface area contributed by atoms with Crippen LogP contribution in [0.1, 0.15) is 62.0 Å². The van der Waals surface area contributed by atoms with Crippen molar-refractivity contribution in [3.8, 4) is 5.75 Å². The smallest absolute Gasteiger partial charge is 0.410 e. The Labute approximate surface area is 184 Å². The van der Waals surface area contributed by atoms with Gasteiger partial charge >= 0.3 is 12.1 Å². The first-order valence-electron chi connectivity index (χ1n) is 11.3. The summed E-state index contributed by atoms with van der Waals surface area (Å²) in [6, 6.07) is 15.3. The number of carbonyl (C=O) groups is 2. The number of nitrogens with one attached hydrogen (secondary N) is 3. The van der Waals surface area contributed by atoms with Gasteiger partial charge in [0.1, 0.15) is 5.75 Å². The Bertz CT molecular complexity index is 828. The van der Waals surface area contributed by atoms with Crippen LogP contribution in [0, 0.1) is 6.92 Å². The summed E-state index contributed by atoms with van der Waals surface area (Å²) in [5, 5.41) is 8.36. The number of aryl methyl sites for hydroxylation is 1. The van der Waals surface area contributed by atoms with Crippen LogP contribution in [0.3, 0.4) is 0 Å². The number of rotatable bonds is 8. The first kappa shape index (κ1) is 22.7. The van der Waals surface area contributed by atoms with Crippen LogP contribution in [-0.2, 0) is 0 Å². The lowest BCUT2D eigenvalue weighted by Gasteiger charge is -2.22. The summed E-state index contributed by atoms with van der Waals surface area (Å²) in [5.74, 6) is 1.20. The van der Waals surface area contributed by atoms with Crippen LogP contribution in [-0.4, -0.2) is 25.2 Å². The Morgan fingerprint density at radius 2 is 1.52 bits per heavy atom. The van der Waals surface area contributed by atoms with E-state index in [1.165, 1.54) is 37.7 Å². The van der Waals surface area contributed by atoms with Gasteiger partial charge in [0.05, 0.1) is 0 Å². The Hall–Kier alpha value is -3.02. The topological polar surface area (TPSA) is 79.5 Å². The number of carbonyl (C=O) groups excluding carboxylic acids is 2. The summed E-state index contributed by atoms with van der Waals surface area (Å²) in [4.78, 5) is 23.8. The second-order valence-corrected chi connectivity index (χ2v) is 8.17. The van der Waals surface area contributed by atoms with Crippen molar-refractivity contribution in [2.24, 2.45) is 0 Å². The van der Waals surface area contributed by atoms with Gasteiger partial charge in [0.25, 0.3) is 0 Å². The lowest BCUT2D eigenvalue weighted by atomic mass is 9.84. The third kappa shape index (κ3) is 7.96. The van der Waals surface area contributed by atoms with Crippen LogP contribution in [0.5, 0.6) is 5.75 Å². The highest BCUT2D eigenvalue weighted by Gasteiger charge is 2.15. The summed E-state index contributed by atoms with van der Waals surface area (Å²) < 4.78 is 5.35. The minimum absolute atomic E-state index is 0.229. The second-order valence-electron chi connectivity index (χ2n) is 8.17. The number of hydrogen-bond donors (Lipinski definition) is 3. The first-order valence-corrected chi connectivity index (χ1v) is 11.3. The molecule has 1 saturated carbocycles. The zero-order chi connectivity index (χ0) is 21.9. The number of hydrogen-bond acceptors (Lipinski definition) is 3. The van der Waals surface area contributed by atoms with E-state index in [2.05, 4.69) is 28.1 Å². The van der Waals surface area contributed by atoms with E-state index in [0.29, 0.717) is 24.8 Å². The minimum Gasteiger partial charge on any atom is -0.410 e. The van der Waals surface area contributed by atoms with Gasteiger partial charge in [-0.2, -0.15) is 0 Å². The highest BCUT2D eigenvalue weighted by molar-refractivity contribution is 5.89. The predicted molar refractivity (Wildman–Crippen MR) is 124 cm³/mol. The first-order chi connectivity index (χ1) is 15.1. The molecule has 2 aromatic rings. The number of benzene rings is 2. The minimum atomic E-state index is -0.449. The molecule has 0 radical (unpaired) electrons. The molecule has 31 heavy (non-hydrogen) atoms. The number of unbranched alkanes of at least 4 members (excludes halogenated alkanes) is 1. The third-order valence-electron chi connectivity index (χ3n) is 5.64. The van der Waals surface area contributed by atoms with Crippen molar-refractivity contribution in [2.75, 3.05) is 18.4 Å². The summed E-state index contributed by atoms with van der Waals surface area (Å²) in [6.45, 7) is 3.04. The molecule has 6 heteroatoms. The number of anilines is 1. The molecule has 166 valence electrons. The fraction of sp³-hybridized carbons (Fsp3) is 0.440. The Morgan fingerprint density at radius 1 is 0.871 bits per heavy atom. The van der Waals surface area contributed by atoms with Crippen molar-refractivity contribution in [1.29, 1.82) is 0 Å². The molecule has 2 aromatic carbocycles. The van der Waals surface area contributed by atoms with E-state index in [9.17, 15) is 9.59 Å². The molecule has 3 amide bonds. The van der Waals surface area contributed by atoms with Crippen molar-refractivity contribution in [3.05, 3.63) is 59.7 Å². The molecule has 6 nitrogen and oxygen atoms in total. The standard InChI is InChI=1S/C25H33N3O3/c1-19-9-13-22(14-10-19)28-24(29)26-17-5-6-18-27-25(30)31-23-15-11-21(12-16-23)20-7-3-2-4-8-20/h9-16,20H,2-8,17-18H2,1H3,(H,27,30)(H2,26,28,29). The molecular formula is C25H33N3O3. The maximum atomic E-state index is 12.0. The molecule has 0 aromatic heterocycles. The van der Waals surface area contributed by atoms with Crippen molar-refractivity contribution >= 4 is 17.8 Å².